The summed E-state index contributed by atoms with van der Waals surface area (Å²) in [5.41, 5.74) is 1.01. The number of nitrogens with one attached hydrogen (secondary N) is 2. The third-order valence-electron chi connectivity index (χ3n) is 5.82. The van der Waals surface area contributed by atoms with E-state index in [4.69, 9.17) is 14.2 Å². The highest BCUT2D eigenvalue weighted by Gasteiger charge is 2.50. The van der Waals surface area contributed by atoms with Crippen LogP contribution in [0.5, 0.6) is 0 Å². The number of carbonyl (C=O) groups excluding carboxylic acids is 1. The molecule has 0 saturated carbocycles. The van der Waals surface area contributed by atoms with E-state index in [1.165, 1.54) is 0 Å². The zero-order valence-corrected chi connectivity index (χ0v) is 18.3. The van der Waals surface area contributed by atoms with Gasteiger partial charge in [-0.2, -0.15) is 0 Å². The molecule has 2 saturated heterocycles. The van der Waals surface area contributed by atoms with Crippen LogP contribution < -0.4 is 10.6 Å². The van der Waals surface area contributed by atoms with Gasteiger partial charge in [-0.25, -0.2) is 4.79 Å². The maximum Gasteiger partial charge on any atom is 0.316 e. The predicted molar refractivity (Wildman–Crippen MR) is 113 cm³/mol. The third-order valence-corrected chi connectivity index (χ3v) is 5.82. The monoisotopic (exact) mass is 488 g/mol. The summed E-state index contributed by atoms with van der Waals surface area (Å²) >= 11 is 0. The summed E-state index contributed by atoms with van der Waals surface area (Å²) in [6, 6.07) is 8.78. The minimum Gasteiger partial charge on any atom is -0.394 e. The molecule has 2 fully saturated rings. The highest BCUT2D eigenvalue weighted by molar-refractivity contribution is 5.74. The molecule has 3 rings (SSSR count). The summed E-state index contributed by atoms with van der Waals surface area (Å²) < 4.78 is 16.2. The molecular formula is C21H32N2O11. The zero-order chi connectivity index (χ0) is 24.8. The lowest BCUT2D eigenvalue weighted by Gasteiger charge is -2.46. The van der Waals surface area contributed by atoms with Gasteiger partial charge in [0.25, 0.3) is 0 Å². The summed E-state index contributed by atoms with van der Waals surface area (Å²) in [6.07, 6.45) is -14.9. The van der Waals surface area contributed by atoms with Crippen molar-refractivity contribution >= 4 is 6.03 Å². The van der Waals surface area contributed by atoms with E-state index in [-0.39, 0.29) is 0 Å². The summed E-state index contributed by atoms with van der Waals surface area (Å²) in [4.78, 5) is 12.2. The molecule has 0 aliphatic carbocycles. The quantitative estimate of drug-likeness (QED) is 0.173. The Morgan fingerprint density at radius 3 is 2.18 bits per heavy atom. The molecule has 192 valence electrons. The maximum absolute atomic E-state index is 12.2. The second kappa shape index (κ2) is 12.2. The van der Waals surface area contributed by atoms with Crippen LogP contribution in [-0.4, -0.2) is 123 Å². The largest absolute Gasteiger partial charge is 0.394 e. The van der Waals surface area contributed by atoms with E-state index in [9.17, 15) is 40.5 Å². The number of ether oxygens (including phenoxy) is 3. The van der Waals surface area contributed by atoms with E-state index < -0.39 is 80.6 Å². The first-order valence-electron chi connectivity index (χ1n) is 10.9. The molecule has 13 nitrogen and oxygen atoms in total. The van der Waals surface area contributed by atoms with Crippen molar-refractivity contribution in [2.45, 2.75) is 67.8 Å². The van der Waals surface area contributed by atoms with E-state index in [0.717, 1.165) is 5.56 Å². The zero-order valence-electron chi connectivity index (χ0n) is 18.3. The molecule has 10 atom stereocenters. The number of hydrogen-bond acceptors (Lipinski definition) is 11. The maximum atomic E-state index is 12.2. The van der Waals surface area contributed by atoms with Crippen molar-refractivity contribution in [3.05, 3.63) is 35.9 Å². The van der Waals surface area contributed by atoms with Gasteiger partial charge < -0.3 is 60.6 Å². The third kappa shape index (κ3) is 6.20. The molecule has 2 aliphatic heterocycles. The average molecular weight is 488 g/mol. The molecule has 1 aromatic carbocycles. The molecule has 13 heteroatoms. The van der Waals surface area contributed by atoms with Crippen molar-refractivity contribution in [2.75, 3.05) is 19.8 Å². The Hall–Kier alpha value is -1.91. The van der Waals surface area contributed by atoms with Crippen LogP contribution in [0.3, 0.4) is 0 Å². The smallest absolute Gasteiger partial charge is 0.316 e. The van der Waals surface area contributed by atoms with Crippen LogP contribution in [0.15, 0.2) is 30.3 Å². The van der Waals surface area contributed by atoms with Gasteiger partial charge in [0, 0.05) is 6.54 Å². The van der Waals surface area contributed by atoms with Crippen molar-refractivity contribution in [3.8, 4) is 0 Å². The van der Waals surface area contributed by atoms with Crippen LogP contribution in [0, 0.1) is 0 Å². The number of amides is 2. The fraction of sp³-hybridized carbons (Fsp3) is 0.667. The molecular weight excluding hydrogens is 456 g/mol. The number of hydrogen-bond donors (Lipinski definition) is 9. The van der Waals surface area contributed by atoms with E-state index in [0.29, 0.717) is 13.0 Å². The van der Waals surface area contributed by atoms with Gasteiger partial charge in [0.15, 0.2) is 12.5 Å². The molecule has 0 spiro atoms. The summed E-state index contributed by atoms with van der Waals surface area (Å²) in [6.45, 7) is -1.08. The lowest BCUT2D eigenvalue weighted by Crippen LogP contribution is -2.67. The van der Waals surface area contributed by atoms with Gasteiger partial charge in [-0.15, -0.1) is 0 Å². The van der Waals surface area contributed by atoms with Crippen molar-refractivity contribution in [1.29, 1.82) is 0 Å². The Bertz CT molecular complexity index is 768. The molecule has 1 aromatic rings. The lowest BCUT2D eigenvalue weighted by atomic mass is 9.96. The Morgan fingerprint density at radius 2 is 1.53 bits per heavy atom. The van der Waals surface area contributed by atoms with Gasteiger partial charge in [-0.3, -0.25) is 0 Å². The van der Waals surface area contributed by atoms with Crippen molar-refractivity contribution in [3.63, 3.8) is 0 Å². The van der Waals surface area contributed by atoms with Crippen LogP contribution in [0.1, 0.15) is 5.56 Å². The van der Waals surface area contributed by atoms with Gasteiger partial charge in [0.05, 0.1) is 13.2 Å². The summed E-state index contributed by atoms with van der Waals surface area (Å²) in [7, 11) is 0. The number of aliphatic hydroxyl groups is 7. The highest BCUT2D eigenvalue weighted by atomic mass is 16.7. The van der Waals surface area contributed by atoms with Gasteiger partial charge in [-0.05, 0) is 12.0 Å². The summed E-state index contributed by atoms with van der Waals surface area (Å²) in [5.74, 6) is 0. The van der Waals surface area contributed by atoms with Crippen LogP contribution >= 0.6 is 0 Å². The fourth-order valence-electron chi connectivity index (χ4n) is 3.85. The number of carbonyl (C=O) groups is 1. The van der Waals surface area contributed by atoms with Crippen LogP contribution in [-0.2, 0) is 20.6 Å². The Balaban J connectivity index is 1.56. The molecule has 0 unspecified atom stereocenters. The Labute approximate surface area is 195 Å². The minimum atomic E-state index is -1.76. The Morgan fingerprint density at radius 1 is 0.853 bits per heavy atom. The highest BCUT2D eigenvalue weighted by Crippen LogP contribution is 2.28. The van der Waals surface area contributed by atoms with E-state index in [2.05, 4.69) is 10.6 Å². The Kier molecular flexibility index (Phi) is 9.56. The van der Waals surface area contributed by atoms with Gasteiger partial charge >= 0.3 is 6.03 Å². The molecule has 2 amide bonds. The molecule has 2 heterocycles. The van der Waals surface area contributed by atoms with E-state index >= 15 is 0 Å². The number of benzene rings is 1. The van der Waals surface area contributed by atoms with Crippen molar-refractivity contribution in [1.82, 2.24) is 10.6 Å². The number of rotatable bonds is 8. The minimum absolute atomic E-state index is 0.299. The van der Waals surface area contributed by atoms with E-state index in [1.807, 2.05) is 30.3 Å². The standard InChI is InChI=1S/C21H32N2O11/c24-8-11-13(26)14(27)17(30)20(33-11)34-18-12(9-25)32-19(16(29)15(18)28)23-21(31)22-7-6-10-4-2-1-3-5-10/h1-5,11-20,24-30H,6-9H2,(H2,22,23,31)/t11-,12-,13-,14+,15-,16-,17-,18-,19-,20+/m1/s1. The SMILES string of the molecule is O=C(NCCc1ccccc1)N[C@@H]1O[C@H](CO)[C@@H](O[C@@H]2O[C@H](CO)[C@@H](O)[C@H](O)[C@H]2O)[C@H](O)[C@H]1O. The van der Waals surface area contributed by atoms with E-state index in [1.54, 1.807) is 0 Å². The van der Waals surface area contributed by atoms with Crippen molar-refractivity contribution in [2.24, 2.45) is 0 Å². The van der Waals surface area contributed by atoms with Gasteiger partial charge in [-0.1, -0.05) is 30.3 Å². The van der Waals surface area contributed by atoms with Gasteiger partial charge in [0.2, 0.25) is 0 Å². The average Bonchev–Trinajstić information content (AvgIpc) is 2.84. The first-order valence-corrected chi connectivity index (χ1v) is 10.9. The topological polar surface area (TPSA) is 210 Å². The first-order chi connectivity index (χ1) is 16.3. The lowest BCUT2D eigenvalue weighted by molar-refractivity contribution is -0.342. The molecule has 34 heavy (non-hydrogen) atoms. The second-order valence-electron chi connectivity index (χ2n) is 8.19. The molecule has 0 aromatic heterocycles. The molecule has 9 N–H and O–H groups in total. The normalized spacial score (nSPS) is 38.3. The van der Waals surface area contributed by atoms with Crippen molar-refractivity contribution < 1.29 is 54.8 Å². The first kappa shape index (κ1) is 26.7. The summed E-state index contributed by atoms with van der Waals surface area (Å²) in [5, 5.41) is 74.9. The van der Waals surface area contributed by atoms with Crippen LogP contribution in [0.2, 0.25) is 0 Å². The van der Waals surface area contributed by atoms with Crippen LogP contribution in [0.4, 0.5) is 4.79 Å². The molecule has 2 aliphatic rings. The van der Waals surface area contributed by atoms with Gasteiger partial charge in [0.1, 0.15) is 48.8 Å². The molecule has 0 radical (unpaired) electrons. The number of urea groups is 1. The molecule has 0 bridgehead atoms. The van der Waals surface area contributed by atoms with Crippen LogP contribution in [0.25, 0.3) is 0 Å². The second-order valence-corrected chi connectivity index (χ2v) is 8.19. The fourth-order valence-corrected chi connectivity index (χ4v) is 3.85. The number of aliphatic hydroxyl groups excluding tert-OH is 7. The predicted octanol–water partition coefficient (Wildman–Crippen LogP) is -3.85.